The predicted molar refractivity (Wildman–Crippen MR) is 120 cm³/mol. The highest BCUT2D eigenvalue weighted by atomic mass is 16.7. The van der Waals surface area contributed by atoms with Crippen LogP contribution in [0.1, 0.15) is 37.3 Å². The Morgan fingerprint density at radius 1 is 1.09 bits per heavy atom. The fourth-order valence-corrected chi connectivity index (χ4v) is 4.31. The van der Waals surface area contributed by atoms with Crippen LogP contribution in [0.4, 0.5) is 0 Å². The molecule has 0 saturated carbocycles. The van der Waals surface area contributed by atoms with Crippen molar-refractivity contribution >= 4 is 11.8 Å². The minimum absolute atomic E-state index is 0.0525. The average molecular weight is 439 g/mol. The maximum Gasteiger partial charge on any atom is 0.231 e. The van der Waals surface area contributed by atoms with E-state index in [1.165, 1.54) is 0 Å². The van der Waals surface area contributed by atoms with E-state index in [0.29, 0.717) is 31.8 Å². The molecule has 0 unspecified atom stereocenters. The number of benzene rings is 2. The minimum atomic E-state index is -0.312. The second kappa shape index (κ2) is 9.51. The second-order valence-corrected chi connectivity index (χ2v) is 8.79. The first-order chi connectivity index (χ1) is 15.4. The molecule has 32 heavy (non-hydrogen) atoms. The summed E-state index contributed by atoms with van der Waals surface area (Å²) in [5, 5.41) is 3.06. The normalized spacial score (nSPS) is 19.3. The van der Waals surface area contributed by atoms with E-state index < -0.39 is 0 Å². The Morgan fingerprint density at radius 2 is 1.84 bits per heavy atom. The molecule has 2 amide bonds. The van der Waals surface area contributed by atoms with Crippen molar-refractivity contribution in [2.24, 2.45) is 11.8 Å². The summed E-state index contributed by atoms with van der Waals surface area (Å²) in [6, 6.07) is 13.4. The Balaban J connectivity index is 1.48. The van der Waals surface area contributed by atoms with E-state index in [1.54, 1.807) is 7.11 Å². The second-order valence-electron chi connectivity index (χ2n) is 8.79. The van der Waals surface area contributed by atoms with Crippen LogP contribution in [0.5, 0.6) is 17.2 Å². The van der Waals surface area contributed by atoms with Crippen LogP contribution < -0.4 is 19.5 Å². The van der Waals surface area contributed by atoms with Gasteiger partial charge >= 0.3 is 0 Å². The summed E-state index contributed by atoms with van der Waals surface area (Å²) in [6.07, 6.45) is 0.487. The van der Waals surface area contributed by atoms with Crippen molar-refractivity contribution < 1.29 is 23.8 Å². The number of ether oxygens (including phenoxy) is 3. The van der Waals surface area contributed by atoms with Gasteiger partial charge in [-0.3, -0.25) is 9.59 Å². The van der Waals surface area contributed by atoms with Crippen molar-refractivity contribution in [2.45, 2.75) is 32.7 Å². The van der Waals surface area contributed by atoms with Gasteiger partial charge in [-0.25, -0.2) is 0 Å². The summed E-state index contributed by atoms with van der Waals surface area (Å²) in [5.74, 6) is 2.13. The van der Waals surface area contributed by atoms with Gasteiger partial charge in [0.05, 0.1) is 13.0 Å². The van der Waals surface area contributed by atoms with E-state index in [0.717, 1.165) is 22.6 Å². The molecule has 0 radical (unpaired) electrons. The van der Waals surface area contributed by atoms with Gasteiger partial charge in [-0.2, -0.15) is 0 Å². The van der Waals surface area contributed by atoms with Crippen LogP contribution in [0.25, 0.3) is 0 Å². The highest BCUT2D eigenvalue weighted by Crippen LogP contribution is 2.35. The predicted octanol–water partition coefficient (Wildman–Crippen LogP) is 3.33. The third kappa shape index (κ3) is 4.82. The van der Waals surface area contributed by atoms with Crippen molar-refractivity contribution in [1.82, 2.24) is 10.2 Å². The average Bonchev–Trinajstić information content (AvgIpc) is 3.44. The molecule has 1 N–H and O–H groups in total. The number of amides is 2. The van der Waals surface area contributed by atoms with Gasteiger partial charge in [-0.15, -0.1) is 0 Å². The number of hydrogen-bond donors (Lipinski definition) is 1. The number of rotatable bonds is 7. The fraction of sp³-hybridized carbons (Fsp3) is 0.440. The van der Waals surface area contributed by atoms with Crippen LogP contribution >= 0.6 is 0 Å². The Kier molecular flexibility index (Phi) is 6.53. The maximum absolute atomic E-state index is 13.2. The van der Waals surface area contributed by atoms with Crippen LogP contribution in [0.2, 0.25) is 0 Å². The number of likely N-dealkylation sites (tertiary alicyclic amines) is 1. The van der Waals surface area contributed by atoms with Crippen LogP contribution in [0.15, 0.2) is 42.5 Å². The van der Waals surface area contributed by atoms with Gasteiger partial charge in [-0.05, 0) is 41.3 Å². The third-order valence-corrected chi connectivity index (χ3v) is 6.04. The lowest BCUT2D eigenvalue weighted by atomic mass is 9.88. The van der Waals surface area contributed by atoms with E-state index in [4.69, 9.17) is 14.2 Å². The largest absolute Gasteiger partial charge is 0.497 e. The molecule has 0 aromatic heterocycles. The molecule has 4 rings (SSSR count). The lowest BCUT2D eigenvalue weighted by Gasteiger charge is -2.18. The summed E-state index contributed by atoms with van der Waals surface area (Å²) in [5.41, 5.74) is 1.98. The quantitative estimate of drug-likeness (QED) is 0.718. The Morgan fingerprint density at radius 3 is 2.56 bits per heavy atom. The van der Waals surface area contributed by atoms with Crippen molar-refractivity contribution in [3.63, 3.8) is 0 Å². The minimum Gasteiger partial charge on any atom is -0.497 e. The van der Waals surface area contributed by atoms with Crippen LogP contribution in [0.3, 0.4) is 0 Å². The molecule has 0 bridgehead atoms. The molecule has 2 heterocycles. The molecule has 2 aliphatic heterocycles. The first-order valence-corrected chi connectivity index (χ1v) is 11.0. The highest BCUT2D eigenvalue weighted by molar-refractivity contribution is 5.83. The van der Waals surface area contributed by atoms with Gasteiger partial charge in [0.15, 0.2) is 11.5 Å². The number of nitrogens with one attached hydrogen (secondary N) is 1. The molecule has 2 aromatic carbocycles. The van der Waals surface area contributed by atoms with Crippen molar-refractivity contribution in [1.29, 1.82) is 0 Å². The standard InChI is InChI=1S/C25H30N2O5/c1-16(2)10-24(28)27-13-20(18-5-7-19(30-3)8-6-18)21(14-27)25(29)26-12-17-4-9-22-23(11-17)32-15-31-22/h4-9,11,16,20-21H,10,12-15H2,1-3H3,(H,26,29)/t20-,21+/m1/s1. The monoisotopic (exact) mass is 438 g/mol. The van der Waals surface area contributed by atoms with Crippen LogP contribution in [-0.2, 0) is 16.1 Å². The molecule has 7 heteroatoms. The molecule has 1 fully saturated rings. The van der Waals surface area contributed by atoms with Gasteiger partial charge in [0.25, 0.3) is 0 Å². The number of hydrogen-bond acceptors (Lipinski definition) is 5. The SMILES string of the molecule is COc1ccc([C@H]2CN(C(=O)CC(C)C)C[C@@H]2C(=O)NCc2ccc3c(c2)OCO3)cc1. The van der Waals surface area contributed by atoms with E-state index >= 15 is 0 Å². The summed E-state index contributed by atoms with van der Waals surface area (Å²) >= 11 is 0. The summed E-state index contributed by atoms with van der Waals surface area (Å²) in [6.45, 7) is 5.64. The molecular formula is C25H30N2O5. The topological polar surface area (TPSA) is 77.1 Å². The number of carbonyl (C=O) groups is 2. The van der Waals surface area contributed by atoms with Gasteiger partial charge in [0.2, 0.25) is 18.6 Å². The van der Waals surface area contributed by atoms with Gasteiger partial charge in [0.1, 0.15) is 5.75 Å². The first kappa shape index (κ1) is 22.0. The lowest BCUT2D eigenvalue weighted by Crippen LogP contribution is -2.35. The van der Waals surface area contributed by atoms with Crippen molar-refractivity contribution in [2.75, 3.05) is 27.0 Å². The smallest absolute Gasteiger partial charge is 0.231 e. The molecule has 170 valence electrons. The maximum atomic E-state index is 13.2. The Bertz CT molecular complexity index is 973. The van der Waals surface area contributed by atoms with Gasteiger partial charge < -0.3 is 24.4 Å². The van der Waals surface area contributed by atoms with Crippen LogP contribution in [-0.4, -0.2) is 43.7 Å². The number of nitrogens with zero attached hydrogens (tertiary/aromatic N) is 1. The fourth-order valence-electron chi connectivity index (χ4n) is 4.31. The van der Waals surface area contributed by atoms with E-state index in [-0.39, 0.29) is 36.4 Å². The molecule has 2 aromatic rings. The molecular weight excluding hydrogens is 408 g/mol. The first-order valence-electron chi connectivity index (χ1n) is 11.0. The zero-order valence-electron chi connectivity index (χ0n) is 18.8. The van der Waals surface area contributed by atoms with Gasteiger partial charge in [-0.1, -0.05) is 32.0 Å². The summed E-state index contributed by atoms with van der Waals surface area (Å²) in [7, 11) is 1.63. The molecule has 0 aliphatic carbocycles. The lowest BCUT2D eigenvalue weighted by molar-refractivity contribution is -0.131. The third-order valence-electron chi connectivity index (χ3n) is 6.04. The van der Waals surface area contributed by atoms with Crippen molar-refractivity contribution in [3.8, 4) is 17.2 Å². The zero-order valence-corrected chi connectivity index (χ0v) is 18.8. The van der Waals surface area contributed by atoms with E-state index in [1.807, 2.05) is 61.2 Å². The van der Waals surface area contributed by atoms with Gasteiger partial charge in [0, 0.05) is 32.0 Å². The number of fused-ring (bicyclic) bond motifs is 1. The number of methoxy groups -OCH3 is 1. The van der Waals surface area contributed by atoms with Crippen LogP contribution in [0, 0.1) is 11.8 Å². The van der Waals surface area contributed by atoms with E-state index in [9.17, 15) is 9.59 Å². The Labute approximate surface area is 188 Å². The molecule has 1 saturated heterocycles. The zero-order chi connectivity index (χ0) is 22.7. The molecule has 0 spiro atoms. The summed E-state index contributed by atoms with van der Waals surface area (Å²) < 4.78 is 16.0. The number of carbonyl (C=O) groups excluding carboxylic acids is 2. The molecule has 2 aliphatic rings. The summed E-state index contributed by atoms with van der Waals surface area (Å²) in [4.78, 5) is 27.8. The molecule has 7 nitrogen and oxygen atoms in total. The molecule has 2 atom stereocenters. The van der Waals surface area contributed by atoms with E-state index in [2.05, 4.69) is 5.32 Å². The van der Waals surface area contributed by atoms with Crippen molar-refractivity contribution in [3.05, 3.63) is 53.6 Å². The Hall–Kier alpha value is -3.22. The highest BCUT2D eigenvalue weighted by Gasteiger charge is 2.40.